The van der Waals surface area contributed by atoms with Gasteiger partial charge in [0.25, 0.3) is 5.91 Å². The number of hydrogen-bond donors (Lipinski definition) is 1. The standard InChI is InChI=1S/C17H20ClN3O3/c1-12(24-10-14-3-2-8-23-14)17(22)20-13-4-5-16(15(18)9-13)21-7-6-19-11-21/h4-7,9,11-12,14H,2-3,8,10H2,1H3,(H,20,22)/t12-,14+/m1/s1. The van der Waals surface area contributed by atoms with E-state index in [1.54, 1.807) is 42.3 Å². The van der Waals surface area contributed by atoms with E-state index in [1.807, 2.05) is 6.07 Å². The van der Waals surface area contributed by atoms with E-state index in [2.05, 4.69) is 10.3 Å². The first kappa shape index (κ1) is 17.0. The van der Waals surface area contributed by atoms with Crippen LogP contribution in [0.5, 0.6) is 0 Å². The van der Waals surface area contributed by atoms with Gasteiger partial charge in [0.2, 0.25) is 0 Å². The fourth-order valence-corrected chi connectivity index (χ4v) is 2.82. The van der Waals surface area contributed by atoms with Gasteiger partial charge in [-0.2, -0.15) is 0 Å². The fourth-order valence-electron chi connectivity index (χ4n) is 2.54. The summed E-state index contributed by atoms with van der Waals surface area (Å²) in [5.74, 6) is -0.209. The first-order valence-electron chi connectivity index (χ1n) is 7.95. The largest absolute Gasteiger partial charge is 0.376 e. The van der Waals surface area contributed by atoms with Gasteiger partial charge in [0.05, 0.1) is 29.7 Å². The molecule has 6 nitrogen and oxygen atoms in total. The summed E-state index contributed by atoms with van der Waals surface area (Å²) >= 11 is 6.28. The number of benzene rings is 1. The number of anilines is 1. The lowest BCUT2D eigenvalue weighted by Gasteiger charge is -2.16. The number of nitrogens with one attached hydrogen (secondary N) is 1. The topological polar surface area (TPSA) is 65.4 Å². The summed E-state index contributed by atoms with van der Waals surface area (Å²) < 4.78 is 12.9. The van der Waals surface area contributed by atoms with Crippen molar-refractivity contribution in [1.82, 2.24) is 9.55 Å². The molecule has 1 aliphatic heterocycles. The van der Waals surface area contributed by atoms with Gasteiger partial charge in [-0.1, -0.05) is 11.6 Å². The number of rotatable bonds is 6. The number of hydrogen-bond acceptors (Lipinski definition) is 4. The predicted octanol–water partition coefficient (Wildman–Crippen LogP) is 3.05. The minimum atomic E-state index is -0.554. The van der Waals surface area contributed by atoms with Gasteiger partial charge in [0.1, 0.15) is 6.10 Å². The lowest BCUT2D eigenvalue weighted by molar-refractivity contribution is -0.128. The van der Waals surface area contributed by atoms with Gasteiger partial charge in [0.15, 0.2) is 0 Å². The van der Waals surface area contributed by atoms with Crippen LogP contribution in [0.1, 0.15) is 19.8 Å². The highest BCUT2D eigenvalue weighted by Crippen LogP contribution is 2.24. The number of imidazole rings is 1. The predicted molar refractivity (Wildman–Crippen MR) is 91.6 cm³/mol. The van der Waals surface area contributed by atoms with Crippen LogP contribution in [0, 0.1) is 0 Å². The van der Waals surface area contributed by atoms with Crippen molar-refractivity contribution in [3.63, 3.8) is 0 Å². The molecule has 2 heterocycles. The molecule has 2 atom stereocenters. The van der Waals surface area contributed by atoms with Crippen molar-refractivity contribution in [1.29, 1.82) is 0 Å². The molecule has 1 N–H and O–H groups in total. The molecule has 1 fully saturated rings. The second kappa shape index (κ2) is 7.79. The molecule has 24 heavy (non-hydrogen) atoms. The molecule has 1 amide bonds. The van der Waals surface area contributed by atoms with E-state index < -0.39 is 6.10 Å². The molecular weight excluding hydrogens is 330 g/mol. The Hall–Kier alpha value is -1.89. The molecule has 0 aliphatic carbocycles. The molecule has 1 saturated heterocycles. The van der Waals surface area contributed by atoms with Gasteiger partial charge in [-0.3, -0.25) is 4.79 Å². The first-order chi connectivity index (χ1) is 11.6. The van der Waals surface area contributed by atoms with E-state index in [0.717, 1.165) is 25.1 Å². The van der Waals surface area contributed by atoms with Crippen LogP contribution in [0.15, 0.2) is 36.9 Å². The maximum absolute atomic E-state index is 12.2. The molecule has 0 bridgehead atoms. The Morgan fingerprint density at radius 2 is 2.46 bits per heavy atom. The summed E-state index contributed by atoms with van der Waals surface area (Å²) in [6, 6.07) is 5.34. The molecular formula is C17H20ClN3O3. The van der Waals surface area contributed by atoms with Crippen molar-refractivity contribution in [3.05, 3.63) is 41.9 Å². The monoisotopic (exact) mass is 349 g/mol. The van der Waals surface area contributed by atoms with Crippen molar-refractivity contribution < 1.29 is 14.3 Å². The van der Waals surface area contributed by atoms with Gasteiger partial charge in [0, 0.05) is 24.7 Å². The smallest absolute Gasteiger partial charge is 0.253 e. The van der Waals surface area contributed by atoms with Gasteiger partial charge in [-0.05, 0) is 38.0 Å². The Kier molecular flexibility index (Phi) is 5.50. The Labute approximate surface area is 145 Å². The Morgan fingerprint density at radius 3 is 3.12 bits per heavy atom. The van der Waals surface area contributed by atoms with Crippen molar-refractivity contribution in [2.24, 2.45) is 0 Å². The fraction of sp³-hybridized carbons (Fsp3) is 0.412. The molecule has 0 saturated carbocycles. The van der Waals surface area contributed by atoms with E-state index in [-0.39, 0.29) is 12.0 Å². The van der Waals surface area contributed by atoms with Crippen LogP contribution in [0.3, 0.4) is 0 Å². The maximum Gasteiger partial charge on any atom is 0.253 e. The van der Waals surface area contributed by atoms with Gasteiger partial charge in [-0.15, -0.1) is 0 Å². The molecule has 2 aromatic rings. The average molecular weight is 350 g/mol. The Morgan fingerprint density at radius 1 is 1.58 bits per heavy atom. The van der Waals surface area contributed by atoms with E-state index in [1.165, 1.54) is 0 Å². The summed E-state index contributed by atoms with van der Waals surface area (Å²) in [6.45, 7) is 2.94. The zero-order valence-corrected chi connectivity index (χ0v) is 14.2. The van der Waals surface area contributed by atoms with Gasteiger partial charge >= 0.3 is 0 Å². The van der Waals surface area contributed by atoms with Gasteiger partial charge in [-0.25, -0.2) is 4.98 Å². The van der Waals surface area contributed by atoms with Crippen LogP contribution in [0.4, 0.5) is 5.69 Å². The Balaban J connectivity index is 1.56. The highest BCUT2D eigenvalue weighted by Gasteiger charge is 2.20. The molecule has 3 rings (SSSR count). The SMILES string of the molecule is C[C@@H](OC[C@@H]1CCCO1)C(=O)Nc1ccc(-n2ccnc2)c(Cl)c1. The summed E-state index contributed by atoms with van der Waals surface area (Å²) in [7, 11) is 0. The third-order valence-corrected chi connectivity index (χ3v) is 4.23. The third-order valence-electron chi connectivity index (χ3n) is 3.92. The summed E-state index contributed by atoms with van der Waals surface area (Å²) in [5.41, 5.74) is 1.43. The second-order valence-electron chi connectivity index (χ2n) is 5.74. The number of halogens is 1. The molecule has 7 heteroatoms. The molecule has 0 radical (unpaired) electrons. The zero-order valence-electron chi connectivity index (χ0n) is 13.4. The van der Waals surface area contributed by atoms with Crippen LogP contribution in [-0.2, 0) is 14.3 Å². The van der Waals surface area contributed by atoms with Crippen LogP contribution in [-0.4, -0.2) is 40.9 Å². The number of aromatic nitrogens is 2. The van der Waals surface area contributed by atoms with Gasteiger partial charge < -0.3 is 19.4 Å². The van der Waals surface area contributed by atoms with Crippen LogP contribution >= 0.6 is 11.6 Å². The molecule has 0 unspecified atom stereocenters. The minimum Gasteiger partial charge on any atom is -0.376 e. The molecule has 0 spiro atoms. The summed E-state index contributed by atoms with van der Waals surface area (Å²) in [5, 5.41) is 3.34. The first-order valence-corrected chi connectivity index (χ1v) is 8.33. The molecule has 128 valence electrons. The third kappa shape index (κ3) is 4.14. The quantitative estimate of drug-likeness (QED) is 0.870. The molecule has 1 aromatic heterocycles. The van der Waals surface area contributed by atoms with E-state index >= 15 is 0 Å². The van der Waals surface area contributed by atoms with Crippen LogP contribution in [0.25, 0.3) is 5.69 Å². The van der Waals surface area contributed by atoms with Crippen molar-refractivity contribution >= 4 is 23.2 Å². The van der Waals surface area contributed by atoms with Crippen LogP contribution < -0.4 is 5.32 Å². The molecule has 1 aromatic carbocycles. The molecule has 1 aliphatic rings. The van der Waals surface area contributed by atoms with Crippen molar-refractivity contribution in [2.45, 2.75) is 32.0 Å². The number of nitrogens with zero attached hydrogens (tertiary/aromatic N) is 2. The van der Waals surface area contributed by atoms with Crippen molar-refractivity contribution in [2.75, 3.05) is 18.5 Å². The van der Waals surface area contributed by atoms with Crippen LogP contribution in [0.2, 0.25) is 5.02 Å². The van der Waals surface area contributed by atoms with E-state index in [9.17, 15) is 4.79 Å². The number of amides is 1. The minimum absolute atomic E-state index is 0.101. The number of carbonyl (C=O) groups excluding carboxylic acids is 1. The maximum atomic E-state index is 12.2. The average Bonchev–Trinajstić information content (AvgIpc) is 3.26. The lowest BCUT2D eigenvalue weighted by Crippen LogP contribution is -2.30. The zero-order chi connectivity index (χ0) is 16.9. The summed E-state index contributed by atoms with van der Waals surface area (Å²) in [6.07, 6.45) is 6.74. The number of ether oxygens (including phenoxy) is 2. The number of carbonyl (C=O) groups is 1. The van der Waals surface area contributed by atoms with E-state index in [4.69, 9.17) is 21.1 Å². The Bertz CT molecular complexity index is 684. The summed E-state index contributed by atoms with van der Waals surface area (Å²) in [4.78, 5) is 16.2. The lowest BCUT2D eigenvalue weighted by atomic mass is 10.2. The van der Waals surface area contributed by atoms with E-state index in [0.29, 0.717) is 17.3 Å². The highest BCUT2D eigenvalue weighted by atomic mass is 35.5. The van der Waals surface area contributed by atoms with Crippen molar-refractivity contribution in [3.8, 4) is 5.69 Å². The second-order valence-corrected chi connectivity index (χ2v) is 6.14. The normalized spacial score (nSPS) is 18.5. The highest BCUT2D eigenvalue weighted by molar-refractivity contribution is 6.32.